The molecule has 2 heterocycles. The van der Waals surface area contributed by atoms with Gasteiger partial charge in [-0.3, -0.25) is 0 Å². The highest BCUT2D eigenvalue weighted by Gasteiger charge is 2.49. The Morgan fingerprint density at radius 3 is 1.61 bits per heavy atom. The van der Waals surface area contributed by atoms with Gasteiger partial charge >= 0.3 is 0 Å². The molecule has 7 heteroatoms. The number of ether oxygens (including phenoxy) is 5. The molecule has 0 unspecified atom stereocenters. The van der Waals surface area contributed by atoms with E-state index in [1.54, 1.807) is 0 Å². The second-order valence-corrected chi connectivity index (χ2v) is 14.4. The highest BCUT2D eigenvalue weighted by molar-refractivity contribution is 5.75. The Morgan fingerprint density at radius 2 is 1.02 bits per heavy atom. The van der Waals surface area contributed by atoms with Gasteiger partial charge in [-0.1, -0.05) is 158 Å². The molecule has 1 aromatic heterocycles. The molecule has 1 aliphatic rings. The molecule has 0 spiro atoms. The molecule has 0 amide bonds. The molecule has 6 aromatic carbocycles. The molecule has 1 fully saturated rings. The van der Waals surface area contributed by atoms with Crippen molar-refractivity contribution in [2.24, 2.45) is 7.05 Å². The van der Waals surface area contributed by atoms with Crippen molar-refractivity contribution in [3.05, 3.63) is 209 Å². The Bertz CT molecular complexity index is 2250. The van der Waals surface area contributed by atoms with Crippen LogP contribution < -0.4 is 0 Å². The lowest BCUT2D eigenvalue weighted by molar-refractivity contribution is -0.275. The first-order chi connectivity index (χ1) is 27.7. The maximum atomic E-state index is 7.20. The Morgan fingerprint density at radius 1 is 0.518 bits per heavy atom. The number of imidazole rings is 1. The minimum absolute atomic E-state index is 0.307. The minimum Gasteiger partial charge on any atom is -0.374 e. The number of fused-ring (bicyclic) bond motifs is 1. The molecular weight excluding hydrogens is 697 g/mol. The summed E-state index contributed by atoms with van der Waals surface area (Å²) in [5.41, 5.74) is 8.54. The molecule has 1 aliphatic heterocycles. The van der Waals surface area contributed by atoms with Gasteiger partial charge in [-0.25, -0.2) is 4.98 Å². The fraction of sp³-hybridized carbons (Fsp3) is 0.245. The van der Waals surface area contributed by atoms with Gasteiger partial charge in [0.05, 0.1) is 44.1 Å². The fourth-order valence-corrected chi connectivity index (χ4v) is 7.47. The van der Waals surface area contributed by atoms with Gasteiger partial charge in [-0.05, 0) is 45.5 Å². The Balaban J connectivity index is 1.15. The molecule has 0 bridgehead atoms. The summed E-state index contributed by atoms with van der Waals surface area (Å²) in [7, 11) is 2.08. The number of hydrogen-bond acceptors (Lipinski definition) is 6. The Kier molecular flexibility index (Phi) is 12.4. The van der Waals surface area contributed by atoms with Gasteiger partial charge in [0, 0.05) is 13.5 Å². The molecule has 284 valence electrons. The molecule has 0 aliphatic carbocycles. The summed E-state index contributed by atoms with van der Waals surface area (Å²) in [5.74, 6) is 0.996. The van der Waals surface area contributed by atoms with E-state index in [0.29, 0.717) is 39.5 Å². The molecule has 0 N–H and O–H groups in total. The number of aromatic nitrogens is 2. The van der Waals surface area contributed by atoms with E-state index >= 15 is 0 Å². The minimum atomic E-state index is -0.518. The highest BCUT2D eigenvalue weighted by atomic mass is 16.6. The van der Waals surface area contributed by atoms with Gasteiger partial charge in [-0.2, -0.15) is 0 Å². The number of rotatable bonds is 16. The first-order valence-electron chi connectivity index (χ1n) is 19.4. The zero-order valence-electron chi connectivity index (χ0n) is 31.7. The fourth-order valence-electron chi connectivity index (χ4n) is 7.47. The van der Waals surface area contributed by atoms with E-state index in [9.17, 15) is 0 Å². The van der Waals surface area contributed by atoms with Crippen molar-refractivity contribution in [2.45, 2.75) is 63.4 Å². The van der Waals surface area contributed by atoms with E-state index in [-0.39, 0.29) is 0 Å². The molecule has 0 radical (unpaired) electrons. The quantitative estimate of drug-likeness (QED) is 0.0983. The van der Waals surface area contributed by atoms with Crippen molar-refractivity contribution in [3.63, 3.8) is 0 Å². The molecule has 1 saturated heterocycles. The molecule has 8 rings (SSSR count). The lowest BCUT2D eigenvalue weighted by Gasteiger charge is -2.46. The van der Waals surface area contributed by atoms with Gasteiger partial charge in [-0.15, -0.1) is 0 Å². The normalized spacial score (nSPS) is 19.6. The van der Waals surface area contributed by atoms with Crippen LogP contribution in [0, 0.1) is 0 Å². The number of nitrogens with zero attached hydrogens (tertiary/aromatic N) is 2. The van der Waals surface area contributed by atoms with E-state index in [1.807, 2.05) is 78.9 Å². The second kappa shape index (κ2) is 18.5. The van der Waals surface area contributed by atoms with Crippen molar-refractivity contribution >= 4 is 11.0 Å². The van der Waals surface area contributed by atoms with Gasteiger partial charge in [0.1, 0.15) is 36.3 Å². The van der Waals surface area contributed by atoms with E-state index in [4.69, 9.17) is 28.7 Å². The van der Waals surface area contributed by atoms with Crippen LogP contribution >= 0.6 is 0 Å². The maximum absolute atomic E-state index is 7.20. The first kappa shape index (κ1) is 37.5. The van der Waals surface area contributed by atoms with E-state index < -0.39 is 30.5 Å². The van der Waals surface area contributed by atoms with E-state index in [1.165, 1.54) is 0 Å². The van der Waals surface area contributed by atoms with Crippen molar-refractivity contribution in [1.82, 2.24) is 9.55 Å². The predicted octanol–water partition coefficient (Wildman–Crippen LogP) is 9.58. The summed E-state index contributed by atoms with van der Waals surface area (Å²) in [4.78, 5) is 4.97. The zero-order valence-corrected chi connectivity index (χ0v) is 31.7. The number of benzene rings is 6. The Hall–Kier alpha value is -5.41. The number of aryl methyl sites for hydroxylation is 1. The lowest BCUT2D eigenvalue weighted by Crippen LogP contribution is -2.58. The standard InChI is InChI=1S/C49H48N2O5/c1-51-43-28-15-14-27-42(43)50-45(51)30-40-25-16-26-41(29-40)46-48(54-33-38-21-10-4-11-22-38)49(55-34-39-23-12-5-13-24-39)47(53-32-37-19-8-3-9-20-37)44(56-46)35-52-31-36-17-6-2-7-18-36/h2-29,44,46-49H,30-35H2,1H3/t44-,46+,47-,48+,49+/m1/s1. The first-order valence-corrected chi connectivity index (χ1v) is 19.4. The topological polar surface area (TPSA) is 64.0 Å². The van der Waals surface area contributed by atoms with Gasteiger partial charge in [0.2, 0.25) is 0 Å². The van der Waals surface area contributed by atoms with Crippen LogP contribution in [0.1, 0.15) is 45.3 Å². The number of hydrogen-bond donors (Lipinski definition) is 0. The van der Waals surface area contributed by atoms with Crippen LogP contribution in [-0.2, 0) is 63.6 Å². The van der Waals surface area contributed by atoms with Crippen LogP contribution in [0.15, 0.2) is 170 Å². The summed E-state index contributed by atoms with van der Waals surface area (Å²) >= 11 is 0. The average Bonchev–Trinajstić information content (AvgIpc) is 3.57. The van der Waals surface area contributed by atoms with Crippen LogP contribution in [-0.4, -0.2) is 40.6 Å². The molecule has 7 nitrogen and oxygen atoms in total. The molecular formula is C49H48N2O5. The third kappa shape index (κ3) is 9.33. The highest BCUT2D eigenvalue weighted by Crippen LogP contribution is 2.39. The van der Waals surface area contributed by atoms with Crippen molar-refractivity contribution < 1.29 is 23.7 Å². The Labute approximate surface area is 329 Å². The summed E-state index contributed by atoms with van der Waals surface area (Å²) in [5, 5.41) is 0. The van der Waals surface area contributed by atoms with Crippen LogP contribution in [0.2, 0.25) is 0 Å². The van der Waals surface area contributed by atoms with E-state index in [0.717, 1.165) is 50.2 Å². The third-order valence-corrected chi connectivity index (χ3v) is 10.4. The van der Waals surface area contributed by atoms with Crippen LogP contribution in [0.3, 0.4) is 0 Å². The largest absolute Gasteiger partial charge is 0.374 e. The van der Waals surface area contributed by atoms with Crippen molar-refractivity contribution in [3.8, 4) is 0 Å². The summed E-state index contributed by atoms with van der Waals surface area (Å²) < 4.78 is 36.6. The van der Waals surface area contributed by atoms with Gasteiger partial charge in [0.25, 0.3) is 0 Å². The molecule has 56 heavy (non-hydrogen) atoms. The summed E-state index contributed by atoms with van der Waals surface area (Å²) in [6.45, 7) is 1.92. The van der Waals surface area contributed by atoms with Gasteiger partial charge < -0.3 is 28.3 Å². The average molecular weight is 745 g/mol. The lowest BCUT2D eigenvalue weighted by atomic mass is 9.89. The van der Waals surface area contributed by atoms with Crippen molar-refractivity contribution in [2.75, 3.05) is 6.61 Å². The maximum Gasteiger partial charge on any atom is 0.117 e. The molecule has 5 atom stereocenters. The van der Waals surface area contributed by atoms with Crippen LogP contribution in [0.25, 0.3) is 11.0 Å². The number of para-hydroxylation sites is 2. The summed E-state index contributed by atoms with van der Waals surface area (Å²) in [6.07, 6.45) is -1.81. The predicted molar refractivity (Wildman–Crippen MR) is 219 cm³/mol. The van der Waals surface area contributed by atoms with E-state index in [2.05, 4.69) is 103 Å². The smallest absolute Gasteiger partial charge is 0.117 e. The third-order valence-electron chi connectivity index (χ3n) is 10.4. The SMILES string of the molecule is Cn1c(Cc2cccc([C@@H]3O[C@H](COCc4ccccc4)[C@@H](OCc4ccccc4)[C@H](OCc4ccccc4)[C@H]3OCc3ccccc3)c2)nc2ccccc21. The molecule has 0 saturated carbocycles. The summed E-state index contributed by atoms with van der Waals surface area (Å²) in [6, 6.07) is 57.8. The van der Waals surface area contributed by atoms with Gasteiger partial charge in [0.15, 0.2) is 0 Å². The second-order valence-electron chi connectivity index (χ2n) is 14.4. The monoisotopic (exact) mass is 744 g/mol. The molecule has 7 aromatic rings. The van der Waals surface area contributed by atoms with Crippen LogP contribution in [0.5, 0.6) is 0 Å². The zero-order chi connectivity index (χ0) is 37.9. The van der Waals surface area contributed by atoms with Crippen molar-refractivity contribution in [1.29, 1.82) is 0 Å². The van der Waals surface area contributed by atoms with Crippen LogP contribution in [0.4, 0.5) is 0 Å².